The zero-order valence-electron chi connectivity index (χ0n) is 10.3. The Morgan fingerprint density at radius 1 is 1.50 bits per heavy atom. The van der Waals surface area contributed by atoms with E-state index in [0.717, 1.165) is 0 Å². The van der Waals surface area contributed by atoms with Crippen LogP contribution in [0.5, 0.6) is 0 Å². The molecule has 0 aliphatic carbocycles. The third-order valence-corrected chi connectivity index (χ3v) is 2.39. The van der Waals surface area contributed by atoms with Crippen molar-refractivity contribution in [1.82, 2.24) is 10.6 Å². The molecule has 6 heteroatoms. The predicted molar refractivity (Wildman–Crippen MR) is 65.0 cm³/mol. The highest BCUT2D eigenvalue weighted by molar-refractivity contribution is 5.94. The molecule has 0 spiro atoms. The van der Waals surface area contributed by atoms with Crippen LogP contribution in [0.15, 0.2) is 23.0 Å². The lowest BCUT2D eigenvalue weighted by molar-refractivity contribution is -0.121. The van der Waals surface area contributed by atoms with Gasteiger partial charge < -0.3 is 20.2 Å². The number of nitrogens with one attached hydrogen (secondary N) is 2. The second kappa shape index (κ2) is 7.50. The quantitative estimate of drug-likeness (QED) is 0.652. The highest BCUT2D eigenvalue weighted by Crippen LogP contribution is 1.98. The molecule has 0 saturated carbocycles. The highest BCUT2D eigenvalue weighted by atomic mass is 16.3. The summed E-state index contributed by atoms with van der Waals surface area (Å²) in [6, 6.07) is 1.49. The van der Waals surface area contributed by atoms with Crippen molar-refractivity contribution >= 4 is 11.8 Å². The zero-order valence-corrected chi connectivity index (χ0v) is 10.3. The number of carbonyl (C=O) groups excluding carboxylic acids is 2. The van der Waals surface area contributed by atoms with Gasteiger partial charge in [0.25, 0.3) is 5.91 Å². The van der Waals surface area contributed by atoms with E-state index in [1.807, 2.05) is 6.92 Å². The lowest BCUT2D eigenvalue weighted by Crippen LogP contribution is -2.35. The van der Waals surface area contributed by atoms with Crippen LogP contribution in [0.1, 0.15) is 30.1 Å². The normalized spacial score (nSPS) is 11.9. The number of aliphatic hydroxyl groups is 1. The third kappa shape index (κ3) is 5.01. The van der Waals surface area contributed by atoms with Crippen LogP contribution in [0, 0.1) is 0 Å². The number of amides is 2. The van der Waals surface area contributed by atoms with E-state index in [9.17, 15) is 9.59 Å². The molecule has 1 unspecified atom stereocenters. The monoisotopic (exact) mass is 254 g/mol. The van der Waals surface area contributed by atoms with Gasteiger partial charge in [-0.2, -0.15) is 0 Å². The van der Waals surface area contributed by atoms with Crippen LogP contribution in [0.3, 0.4) is 0 Å². The molecular weight excluding hydrogens is 236 g/mol. The first-order valence-electron chi connectivity index (χ1n) is 5.84. The van der Waals surface area contributed by atoms with E-state index < -0.39 is 0 Å². The molecule has 0 radical (unpaired) electrons. The van der Waals surface area contributed by atoms with Crippen LogP contribution in [-0.2, 0) is 4.79 Å². The fraction of sp³-hybridized carbons (Fsp3) is 0.500. The van der Waals surface area contributed by atoms with Crippen molar-refractivity contribution in [3.8, 4) is 0 Å². The molecule has 0 bridgehead atoms. The Balaban J connectivity index is 2.17. The van der Waals surface area contributed by atoms with Gasteiger partial charge in [0.05, 0.1) is 11.8 Å². The maximum atomic E-state index is 11.5. The van der Waals surface area contributed by atoms with Gasteiger partial charge in [0, 0.05) is 25.6 Å². The van der Waals surface area contributed by atoms with Crippen LogP contribution >= 0.6 is 0 Å². The summed E-state index contributed by atoms with van der Waals surface area (Å²) in [4.78, 5) is 22.9. The topological polar surface area (TPSA) is 91.6 Å². The highest BCUT2D eigenvalue weighted by Gasteiger charge is 2.09. The summed E-state index contributed by atoms with van der Waals surface area (Å²) in [7, 11) is 0. The van der Waals surface area contributed by atoms with Crippen LogP contribution in [-0.4, -0.2) is 36.1 Å². The molecule has 0 saturated heterocycles. The third-order valence-electron chi connectivity index (χ3n) is 2.39. The minimum Gasteiger partial charge on any atom is -0.472 e. The number of aliphatic hydroxyl groups excluding tert-OH is 1. The fourth-order valence-electron chi connectivity index (χ4n) is 1.40. The lowest BCUT2D eigenvalue weighted by Gasteiger charge is -2.12. The van der Waals surface area contributed by atoms with Gasteiger partial charge in [0.2, 0.25) is 5.91 Å². The van der Waals surface area contributed by atoms with E-state index >= 15 is 0 Å². The van der Waals surface area contributed by atoms with Crippen molar-refractivity contribution in [2.45, 2.75) is 25.8 Å². The summed E-state index contributed by atoms with van der Waals surface area (Å²) in [5.74, 6) is -0.414. The van der Waals surface area contributed by atoms with Gasteiger partial charge in [-0.25, -0.2) is 0 Å². The second-order valence-corrected chi connectivity index (χ2v) is 4.00. The zero-order chi connectivity index (χ0) is 13.4. The standard InChI is InChI=1S/C12H18N2O4/c1-9(3-6-15)14-11(16)2-5-13-12(17)10-4-7-18-8-10/h4,7-9,15H,2-3,5-6H2,1H3,(H,13,17)(H,14,16). The van der Waals surface area contributed by atoms with Crippen LogP contribution in [0.25, 0.3) is 0 Å². The molecule has 0 aliphatic rings. The number of carbonyl (C=O) groups is 2. The largest absolute Gasteiger partial charge is 0.472 e. The Bertz CT molecular complexity index is 375. The summed E-state index contributed by atoms with van der Waals surface area (Å²) in [5.41, 5.74) is 0.434. The summed E-state index contributed by atoms with van der Waals surface area (Å²) in [5, 5.41) is 14.0. The van der Waals surface area contributed by atoms with Gasteiger partial charge in [-0.3, -0.25) is 9.59 Å². The molecule has 0 aliphatic heterocycles. The van der Waals surface area contributed by atoms with Crippen LogP contribution < -0.4 is 10.6 Å². The minimum atomic E-state index is -0.264. The predicted octanol–water partition coefficient (Wildman–Crippen LogP) is 0.287. The van der Waals surface area contributed by atoms with Crippen LogP contribution in [0.2, 0.25) is 0 Å². The van der Waals surface area contributed by atoms with E-state index in [1.54, 1.807) is 6.07 Å². The molecule has 1 aromatic rings. The molecule has 1 atom stereocenters. The average molecular weight is 254 g/mol. The summed E-state index contributed by atoms with van der Waals surface area (Å²) in [6.45, 7) is 2.12. The van der Waals surface area contributed by atoms with Crippen molar-refractivity contribution in [2.75, 3.05) is 13.2 Å². The van der Waals surface area contributed by atoms with Gasteiger partial charge in [-0.05, 0) is 19.4 Å². The first-order valence-corrected chi connectivity index (χ1v) is 5.84. The maximum Gasteiger partial charge on any atom is 0.254 e. The van der Waals surface area contributed by atoms with E-state index in [0.29, 0.717) is 12.0 Å². The number of rotatable bonds is 7. The Kier molecular flexibility index (Phi) is 5.93. The molecule has 0 aromatic carbocycles. The Hall–Kier alpha value is -1.82. The maximum absolute atomic E-state index is 11.5. The summed E-state index contributed by atoms with van der Waals surface area (Å²) in [6.07, 6.45) is 3.49. The molecule has 1 heterocycles. The molecule has 18 heavy (non-hydrogen) atoms. The first-order chi connectivity index (χ1) is 8.63. The minimum absolute atomic E-state index is 0.0403. The van der Waals surface area contributed by atoms with Crippen molar-refractivity contribution in [2.24, 2.45) is 0 Å². The fourth-order valence-corrected chi connectivity index (χ4v) is 1.40. The van der Waals surface area contributed by atoms with Gasteiger partial charge in [-0.15, -0.1) is 0 Å². The van der Waals surface area contributed by atoms with Crippen molar-refractivity contribution in [3.63, 3.8) is 0 Å². The molecule has 1 rings (SSSR count). The SMILES string of the molecule is CC(CCO)NC(=O)CCNC(=O)c1ccoc1. The number of hydrogen-bond donors (Lipinski definition) is 3. The molecule has 1 aromatic heterocycles. The molecule has 2 amide bonds. The van der Waals surface area contributed by atoms with E-state index in [-0.39, 0.29) is 37.4 Å². The molecule has 3 N–H and O–H groups in total. The van der Waals surface area contributed by atoms with E-state index in [1.165, 1.54) is 12.5 Å². The average Bonchev–Trinajstić information content (AvgIpc) is 2.82. The lowest BCUT2D eigenvalue weighted by atomic mass is 10.2. The van der Waals surface area contributed by atoms with Gasteiger partial charge in [-0.1, -0.05) is 0 Å². The molecular formula is C12H18N2O4. The second-order valence-electron chi connectivity index (χ2n) is 4.00. The molecule has 6 nitrogen and oxygen atoms in total. The van der Waals surface area contributed by atoms with Crippen molar-refractivity contribution in [3.05, 3.63) is 24.2 Å². The summed E-state index contributed by atoms with van der Waals surface area (Å²) < 4.78 is 4.78. The van der Waals surface area contributed by atoms with E-state index in [4.69, 9.17) is 9.52 Å². The van der Waals surface area contributed by atoms with Gasteiger partial charge in [0.1, 0.15) is 6.26 Å². The smallest absolute Gasteiger partial charge is 0.254 e. The van der Waals surface area contributed by atoms with Crippen molar-refractivity contribution in [1.29, 1.82) is 0 Å². The van der Waals surface area contributed by atoms with E-state index in [2.05, 4.69) is 10.6 Å². The van der Waals surface area contributed by atoms with Crippen LogP contribution in [0.4, 0.5) is 0 Å². The number of furan rings is 1. The Labute approximate surface area is 105 Å². The van der Waals surface area contributed by atoms with Crippen molar-refractivity contribution < 1.29 is 19.1 Å². The Morgan fingerprint density at radius 3 is 2.89 bits per heavy atom. The molecule has 100 valence electrons. The Morgan fingerprint density at radius 2 is 2.28 bits per heavy atom. The first kappa shape index (κ1) is 14.2. The van der Waals surface area contributed by atoms with Gasteiger partial charge >= 0.3 is 0 Å². The number of hydrogen-bond acceptors (Lipinski definition) is 4. The van der Waals surface area contributed by atoms with Gasteiger partial charge in [0.15, 0.2) is 0 Å². The summed E-state index contributed by atoms with van der Waals surface area (Å²) >= 11 is 0. The molecule has 0 fully saturated rings.